The van der Waals surface area contributed by atoms with E-state index in [4.69, 9.17) is 15.7 Å². The second-order valence-corrected chi connectivity index (χ2v) is 7.23. The van der Waals surface area contributed by atoms with Crippen molar-refractivity contribution in [1.29, 1.82) is 5.26 Å². The number of nitriles is 1. The van der Waals surface area contributed by atoms with E-state index < -0.39 is 5.60 Å². The zero-order valence-electron chi connectivity index (χ0n) is 15.1. The Labute approximate surface area is 147 Å². The average Bonchev–Trinajstić information content (AvgIpc) is 2.51. The molecule has 1 saturated heterocycles. The second-order valence-electron chi connectivity index (χ2n) is 7.23. The maximum absolute atomic E-state index is 12.7. The summed E-state index contributed by atoms with van der Waals surface area (Å²) in [6.45, 7) is 8.54. The van der Waals surface area contributed by atoms with Gasteiger partial charge in [-0.3, -0.25) is 4.79 Å². The van der Waals surface area contributed by atoms with Crippen LogP contribution in [0.5, 0.6) is 0 Å². The summed E-state index contributed by atoms with van der Waals surface area (Å²) in [5, 5.41) is 9.02. The first-order valence-corrected chi connectivity index (χ1v) is 8.20. The third kappa shape index (κ3) is 4.63. The summed E-state index contributed by atoms with van der Waals surface area (Å²) in [5.41, 5.74) is 6.31. The number of rotatable bonds is 1. The molecule has 7 nitrogen and oxygen atoms in total. The molecule has 1 heterocycles. The fourth-order valence-corrected chi connectivity index (χ4v) is 2.76. The van der Waals surface area contributed by atoms with Crippen molar-refractivity contribution < 1.29 is 14.3 Å². The number of amides is 2. The van der Waals surface area contributed by atoms with E-state index in [2.05, 4.69) is 0 Å². The molecule has 0 saturated carbocycles. The second kappa shape index (κ2) is 7.01. The molecule has 134 valence electrons. The van der Waals surface area contributed by atoms with Crippen LogP contribution in [0.3, 0.4) is 0 Å². The van der Waals surface area contributed by atoms with Crippen LogP contribution in [0.15, 0.2) is 18.2 Å². The highest BCUT2D eigenvalue weighted by Gasteiger charge is 2.32. The molecule has 0 spiro atoms. The van der Waals surface area contributed by atoms with Gasteiger partial charge in [-0.25, -0.2) is 4.79 Å². The highest BCUT2D eigenvalue weighted by atomic mass is 16.6. The quantitative estimate of drug-likeness (QED) is 0.787. The maximum atomic E-state index is 12.7. The molecule has 0 radical (unpaired) electrons. The van der Waals surface area contributed by atoms with Crippen LogP contribution < -0.4 is 5.73 Å². The van der Waals surface area contributed by atoms with Crippen molar-refractivity contribution >= 4 is 17.7 Å². The number of nitrogens with zero attached hydrogens (tertiary/aromatic N) is 3. The Bertz CT molecular complexity index is 718. The van der Waals surface area contributed by atoms with Crippen molar-refractivity contribution in [3.63, 3.8) is 0 Å². The van der Waals surface area contributed by atoms with Gasteiger partial charge in [0.15, 0.2) is 0 Å². The molecule has 0 aromatic heterocycles. The van der Waals surface area contributed by atoms with Crippen LogP contribution in [0.25, 0.3) is 0 Å². The monoisotopic (exact) mass is 344 g/mol. The van der Waals surface area contributed by atoms with Gasteiger partial charge in [0.05, 0.1) is 11.6 Å². The Balaban J connectivity index is 2.08. The van der Waals surface area contributed by atoms with E-state index in [0.717, 1.165) is 0 Å². The van der Waals surface area contributed by atoms with Gasteiger partial charge >= 0.3 is 6.09 Å². The van der Waals surface area contributed by atoms with Crippen molar-refractivity contribution in [2.24, 2.45) is 0 Å². The highest BCUT2D eigenvalue weighted by molar-refractivity contribution is 5.95. The van der Waals surface area contributed by atoms with Gasteiger partial charge in [0.1, 0.15) is 5.60 Å². The topological polar surface area (TPSA) is 99.7 Å². The lowest BCUT2D eigenvalue weighted by Crippen LogP contribution is -2.56. The fourth-order valence-electron chi connectivity index (χ4n) is 2.76. The number of benzene rings is 1. The third-order valence-electron chi connectivity index (χ3n) is 3.87. The SMILES string of the molecule is C[C@@H]1CN(C(=O)c2cc(N)cc(C#N)c2)CCN1C(=O)OC(C)(C)C. The van der Waals surface area contributed by atoms with Crippen LogP contribution in [-0.2, 0) is 4.74 Å². The van der Waals surface area contributed by atoms with E-state index in [0.29, 0.717) is 36.4 Å². The van der Waals surface area contributed by atoms with E-state index in [1.165, 1.54) is 12.1 Å². The van der Waals surface area contributed by atoms with Crippen LogP contribution in [0.4, 0.5) is 10.5 Å². The van der Waals surface area contributed by atoms with Gasteiger partial charge in [0.2, 0.25) is 0 Å². The lowest BCUT2D eigenvalue weighted by Gasteiger charge is -2.40. The summed E-state index contributed by atoms with van der Waals surface area (Å²) in [7, 11) is 0. The molecule has 1 aromatic rings. The number of hydrogen-bond acceptors (Lipinski definition) is 5. The number of ether oxygens (including phenoxy) is 1. The molecule has 0 aliphatic carbocycles. The van der Waals surface area contributed by atoms with Gasteiger partial charge < -0.3 is 20.3 Å². The molecule has 1 aliphatic heterocycles. The number of piperazine rings is 1. The van der Waals surface area contributed by atoms with E-state index in [1.807, 2.05) is 33.8 Å². The molecular weight excluding hydrogens is 320 g/mol. The summed E-state index contributed by atoms with van der Waals surface area (Å²) in [6, 6.07) is 6.46. The number of nitrogens with two attached hydrogens (primary N) is 1. The van der Waals surface area contributed by atoms with Gasteiger partial charge in [-0.1, -0.05) is 0 Å². The summed E-state index contributed by atoms with van der Waals surface area (Å²) in [4.78, 5) is 28.2. The molecule has 7 heteroatoms. The van der Waals surface area contributed by atoms with Crippen LogP contribution in [0.2, 0.25) is 0 Å². The van der Waals surface area contributed by atoms with Crippen molar-refractivity contribution in [2.45, 2.75) is 39.3 Å². The number of anilines is 1. The molecule has 25 heavy (non-hydrogen) atoms. The Hall–Kier alpha value is -2.75. The first-order valence-electron chi connectivity index (χ1n) is 8.20. The summed E-state index contributed by atoms with van der Waals surface area (Å²) >= 11 is 0. The minimum atomic E-state index is -0.557. The molecule has 2 rings (SSSR count). The van der Waals surface area contributed by atoms with Crippen LogP contribution in [0, 0.1) is 11.3 Å². The Morgan fingerprint density at radius 1 is 1.28 bits per heavy atom. The molecule has 2 N–H and O–H groups in total. The van der Waals surface area contributed by atoms with E-state index in [9.17, 15) is 9.59 Å². The third-order valence-corrected chi connectivity index (χ3v) is 3.87. The van der Waals surface area contributed by atoms with Gasteiger partial charge in [-0.2, -0.15) is 5.26 Å². The Morgan fingerprint density at radius 3 is 2.52 bits per heavy atom. The van der Waals surface area contributed by atoms with Crippen LogP contribution in [-0.4, -0.2) is 53.1 Å². The molecule has 1 aliphatic rings. The van der Waals surface area contributed by atoms with E-state index in [1.54, 1.807) is 15.9 Å². The highest BCUT2D eigenvalue weighted by Crippen LogP contribution is 2.19. The molecule has 1 atom stereocenters. The molecule has 0 bridgehead atoms. The largest absolute Gasteiger partial charge is 0.444 e. The number of carbonyl (C=O) groups is 2. The van der Waals surface area contributed by atoms with Gasteiger partial charge in [-0.05, 0) is 45.9 Å². The molecule has 1 fully saturated rings. The summed E-state index contributed by atoms with van der Waals surface area (Å²) in [6.07, 6.45) is -0.372. The molecule has 2 amide bonds. The van der Waals surface area contributed by atoms with Crippen LogP contribution in [0.1, 0.15) is 43.6 Å². The van der Waals surface area contributed by atoms with E-state index in [-0.39, 0.29) is 18.0 Å². The van der Waals surface area contributed by atoms with Gasteiger partial charge in [0, 0.05) is 36.9 Å². The number of hydrogen-bond donors (Lipinski definition) is 1. The van der Waals surface area contributed by atoms with Crippen molar-refractivity contribution in [2.75, 3.05) is 25.4 Å². The van der Waals surface area contributed by atoms with E-state index >= 15 is 0 Å². The Kier molecular flexibility index (Phi) is 5.21. The normalized spacial score (nSPS) is 17.8. The van der Waals surface area contributed by atoms with Crippen molar-refractivity contribution in [1.82, 2.24) is 9.80 Å². The van der Waals surface area contributed by atoms with Gasteiger partial charge in [0.25, 0.3) is 5.91 Å². The predicted molar refractivity (Wildman–Crippen MR) is 93.9 cm³/mol. The number of nitrogen functional groups attached to an aromatic ring is 1. The minimum absolute atomic E-state index is 0.163. The summed E-state index contributed by atoms with van der Waals surface area (Å²) < 4.78 is 5.40. The lowest BCUT2D eigenvalue weighted by molar-refractivity contribution is 0.00199. The number of carbonyl (C=O) groups excluding carboxylic acids is 2. The van der Waals surface area contributed by atoms with Crippen LogP contribution >= 0.6 is 0 Å². The molecule has 0 unspecified atom stereocenters. The predicted octanol–water partition coefficient (Wildman–Crippen LogP) is 2.22. The zero-order valence-corrected chi connectivity index (χ0v) is 15.1. The lowest BCUT2D eigenvalue weighted by atomic mass is 10.1. The average molecular weight is 344 g/mol. The molecule has 1 aromatic carbocycles. The summed E-state index contributed by atoms with van der Waals surface area (Å²) in [5.74, 6) is -0.195. The molecular formula is C18H24N4O3. The zero-order chi connectivity index (χ0) is 18.8. The first kappa shape index (κ1) is 18.6. The minimum Gasteiger partial charge on any atom is -0.444 e. The van der Waals surface area contributed by atoms with Crippen molar-refractivity contribution in [3.8, 4) is 6.07 Å². The standard InChI is InChI=1S/C18H24N4O3/c1-12-11-21(5-6-22(12)17(24)25-18(2,3)4)16(23)14-7-13(10-19)8-15(20)9-14/h7-9,12H,5-6,11,20H2,1-4H3/t12-/m1/s1. The Morgan fingerprint density at radius 2 is 1.96 bits per heavy atom. The van der Waals surface area contributed by atoms with Crippen molar-refractivity contribution in [3.05, 3.63) is 29.3 Å². The smallest absolute Gasteiger partial charge is 0.410 e. The first-order chi connectivity index (χ1) is 11.6. The fraction of sp³-hybridized carbons (Fsp3) is 0.500. The van der Waals surface area contributed by atoms with Gasteiger partial charge in [-0.15, -0.1) is 0 Å². The maximum Gasteiger partial charge on any atom is 0.410 e.